The minimum absolute atomic E-state index is 0.0974. The van der Waals surface area contributed by atoms with Gasteiger partial charge in [-0.1, -0.05) is 48.3 Å². The molecule has 0 bridgehead atoms. The van der Waals surface area contributed by atoms with E-state index in [4.69, 9.17) is 4.52 Å². The van der Waals surface area contributed by atoms with Crippen molar-refractivity contribution in [3.8, 4) is 11.3 Å². The van der Waals surface area contributed by atoms with Crippen molar-refractivity contribution in [1.29, 1.82) is 0 Å². The molecule has 3 heterocycles. The van der Waals surface area contributed by atoms with Gasteiger partial charge in [-0.3, -0.25) is 9.69 Å². The van der Waals surface area contributed by atoms with Crippen LogP contribution in [0.5, 0.6) is 0 Å². The zero-order valence-electron chi connectivity index (χ0n) is 15.5. The zero-order chi connectivity index (χ0) is 17.9. The Labute approximate surface area is 155 Å². The van der Waals surface area contributed by atoms with Gasteiger partial charge in [-0.2, -0.15) is 0 Å². The SMILES string of the molecule is CC(C(=O)N1CCCCCC1)N1CCc2onc(-c3ccccc3)c2C1. The number of hydrogen-bond acceptors (Lipinski definition) is 4. The smallest absolute Gasteiger partial charge is 0.239 e. The summed E-state index contributed by atoms with van der Waals surface area (Å²) < 4.78 is 5.59. The summed E-state index contributed by atoms with van der Waals surface area (Å²) in [7, 11) is 0. The highest BCUT2D eigenvalue weighted by Gasteiger charge is 2.32. The summed E-state index contributed by atoms with van der Waals surface area (Å²) in [5.41, 5.74) is 3.13. The van der Waals surface area contributed by atoms with E-state index in [1.165, 1.54) is 12.8 Å². The van der Waals surface area contributed by atoms with E-state index in [1.807, 2.05) is 25.1 Å². The van der Waals surface area contributed by atoms with Crippen LogP contribution in [0.1, 0.15) is 43.9 Å². The molecule has 1 atom stereocenters. The Kier molecular flexibility index (Phi) is 5.07. The van der Waals surface area contributed by atoms with E-state index in [0.717, 1.165) is 68.0 Å². The van der Waals surface area contributed by atoms with Gasteiger partial charge in [-0.05, 0) is 19.8 Å². The molecule has 1 aromatic heterocycles. The zero-order valence-corrected chi connectivity index (χ0v) is 15.5. The van der Waals surface area contributed by atoms with Crippen LogP contribution in [0.2, 0.25) is 0 Å². The predicted octanol–water partition coefficient (Wildman–Crippen LogP) is 3.49. The van der Waals surface area contributed by atoms with Gasteiger partial charge in [0.05, 0.1) is 6.04 Å². The van der Waals surface area contributed by atoms with Crippen LogP contribution in [0.25, 0.3) is 11.3 Å². The monoisotopic (exact) mass is 353 g/mol. The van der Waals surface area contributed by atoms with Crippen molar-refractivity contribution >= 4 is 5.91 Å². The van der Waals surface area contributed by atoms with Gasteiger partial charge in [-0.15, -0.1) is 0 Å². The molecule has 1 fully saturated rings. The first-order valence-corrected chi connectivity index (χ1v) is 9.79. The second kappa shape index (κ2) is 7.62. The van der Waals surface area contributed by atoms with Crippen LogP contribution in [-0.2, 0) is 17.8 Å². The highest BCUT2D eigenvalue weighted by molar-refractivity contribution is 5.81. The van der Waals surface area contributed by atoms with Crippen LogP contribution >= 0.6 is 0 Å². The number of benzene rings is 1. The predicted molar refractivity (Wildman–Crippen MR) is 101 cm³/mol. The summed E-state index contributed by atoms with van der Waals surface area (Å²) in [6.45, 7) is 5.44. The fourth-order valence-electron chi connectivity index (χ4n) is 4.09. The van der Waals surface area contributed by atoms with Crippen molar-refractivity contribution in [2.45, 2.75) is 51.6 Å². The van der Waals surface area contributed by atoms with Crippen LogP contribution in [0, 0.1) is 0 Å². The Balaban J connectivity index is 1.51. The molecule has 0 saturated carbocycles. The van der Waals surface area contributed by atoms with Gasteiger partial charge >= 0.3 is 0 Å². The van der Waals surface area contributed by atoms with Crippen LogP contribution < -0.4 is 0 Å². The molecule has 138 valence electrons. The van der Waals surface area contributed by atoms with E-state index in [2.05, 4.69) is 27.1 Å². The summed E-state index contributed by atoms with van der Waals surface area (Å²) in [4.78, 5) is 17.3. The molecule has 1 amide bonds. The molecule has 1 aromatic carbocycles. The molecule has 26 heavy (non-hydrogen) atoms. The Morgan fingerprint density at radius 1 is 1.08 bits per heavy atom. The van der Waals surface area contributed by atoms with E-state index in [9.17, 15) is 4.79 Å². The van der Waals surface area contributed by atoms with Crippen LogP contribution in [0.3, 0.4) is 0 Å². The number of amides is 1. The third-order valence-corrected chi connectivity index (χ3v) is 5.73. The second-order valence-electron chi connectivity index (χ2n) is 7.43. The van der Waals surface area contributed by atoms with E-state index in [0.29, 0.717) is 0 Å². The van der Waals surface area contributed by atoms with E-state index >= 15 is 0 Å². The number of aromatic nitrogens is 1. The molecule has 5 heteroatoms. The van der Waals surface area contributed by atoms with Crippen molar-refractivity contribution in [3.63, 3.8) is 0 Å². The normalized spacial score (nSPS) is 19.7. The molecule has 0 aliphatic carbocycles. The Morgan fingerprint density at radius 3 is 2.54 bits per heavy atom. The summed E-state index contributed by atoms with van der Waals surface area (Å²) in [6.07, 6.45) is 5.56. The van der Waals surface area contributed by atoms with E-state index in [1.54, 1.807) is 0 Å². The number of carbonyl (C=O) groups excluding carboxylic acids is 1. The molecule has 1 saturated heterocycles. The van der Waals surface area contributed by atoms with E-state index in [-0.39, 0.29) is 11.9 Å². The van der Waals surface area contributed by atoms with Gasteiger partial charge in [0.25, 0.3) is 0 Å². The molecule has 4 rings (SSSR count). The third-order valence-electron chi connectivity index (χ3n) is 5.73. The lowest BCUT2D eigenvalue weighted by molar-refractivity contribution is -0.136. The van der Waals surface area contributed by atoms with Gasteiger partial charge in [0, 0.05) is 43.7 Å². The summed E-state index contributed by atoms with van der Waals surface area (Å²) in [6, 6.07) is 10.1. The fraction of sp³-hybridized carbons (Fsp3) is 0.524. The molecule has 2 aliphatic rings. The van der Waals surface area contributed by atoms with Gasteiger partial charge < -0.3 is 9.42 Å². The number of nitrogens with zero attached hydrogens (tertiary/aromatic N) is 3. The van der Waals surface area contributed by atoms with Crippen LogP contribution in [0.15, 0.2) is 34.9 Å². The first-order valence-electron chi connectivity index (χ1n) is 9.79. The lowest BCUT2D eigenvalue weighted by Crippen LogP contribution is -2.48. The summed E-state index contributed by atoms with van der Waals surface area (Å²) >= 11 is 0. The van der Waals surface area contributed by atoms with Crippen molar-refractivity contribution in [2.24, 2.45) is 0 Å². The van der Waals surface area contributed by atoms with Crippen LogP contribution in [-0.4, -0.2) is 46.5 Å². The van der Waals surface area contributed by atoms with Gasteiger partial charge in [-0.25, -0.2) is 0 Å². The largest absolute Gasteiger partial charge is 0.360 e. The quantitative estimate of drug-likeness (QED) is 0.847. The van der Waals surface area contributed by atoms with Crippen molar-refractivity contribution in [1.82, 2.24) is 15.0 Å². The minimum Gasteiger partial charge on any atom is -0.360 e. The number of fused-ring (bicyclic) bond motifs is 1. The molecule has 0 radical (unpaired) electrons. The van der Waals surface area contributed by atoms with Crippen LogP contribution in [0.4, 0.5) is 0 Å². The Hall–Kier alpha value is -2.14. The van der Waals surface area contributed by atoms with Gasteiger partial charge in [0.1, 0.15) is 11.5 Å². The maximum atomic E-state index is 13.0. The molecule has 0 N–H and O–H groups in total. The number of hydrogen-bond donors (Lipinski definition) is 0. The molecular weight excluding hydrogens is 326 g/mol. The molecular formula is C21H27N3O2. The number of likely N-dealkylation sites (tertiary alicyclic amines) is 1. The van der Waals surface area contributed by atoms with E-state index < -0.39 is 0 Å². The van der Waals surface area contributed by atoms with Crippen molar-refractivity contribution < 1.29 is 9.32 Å². The Bertz CT molecular complexity index is 748. The summed E-state index contributed by atoms with van der Waals surface area (Å²) in [5, 5.41) is 4.31. The average Bonchev–Trinajstić information content (AvgIpc) is 2.92. The van der Waals surface area contributed by atoms with Crippen molar-refractivity contribution in [3.05, 3.63) is 41.7 Å². The summed E-state index contributed by atoms with van der Waals surface area (Å²) in [5.74, 6) is 1.24. The first-order chi connectivity index (χ1) is 12.7. The fourth-order valence-corrected chi connectivity index (χ4v) is 4.09. The topological polar surface area (TPSA) is 49.6 Å². The lowest BCUT2D eigenvalue weighted by atomic mass is 10.00. The average molecular weight is 353 g/mol. The first kappa shape index (κ1) is 17.3. The number of rotatable bonds is 3. The second-order valence-corrected chi connectivity index (χ2v) is 7.43. The Morgan fingerprint density at radius 2 is 1.81 bits per heavy atom. The maximum Gasteiger partial charge on any atom is 0.239 e. The molecule has 1 unspecified atom stereocenters. The molecule has 5 nitrogen and oxygen atoms in total. The maximum absolute atomic E-state index is 13.0. The molecule has 2 aliphatic heterocycles. The standard InChI is InChI=1S/C21H27N3O2/c1-16(21(25)23-12-7-2-3-8-13-23)24-14-11-19-18(15-24)20(22-26-19)17-9-5-4-6-10-17/h4-6,9-10,16H,2-3,7-8,11-15H2,1H3. The molecule has 0 spiro atoms. The third kappa shape index (κ3) is 3.40. The lowest BCUT2D eigenvalue weighted by Gasteiger charge is -2.34. The highest BCUT2D eigenvalue weighted by Crippen LogP contribution is 2.30. The highest BCUT2D eigenvalue weighted by atomic mass is 16.5. The minimum atomic E-state index is -0.0974. The molecule has 2 aromatic rings. The number of carbonyl (C=O) groups is 1. The van der Waals surface area contributed by atoms with Gasteiger partial charge in [0.15, 0.2) is 0 Å². The van der Waals surface area contributed by atoms with Gasteiger partial charge in [0.2, 0.25) is 5.91 Å². The van der Waals surface area contributed by atoms with Crippen molar-refractivity contribution in [2.75, 3.05) is 19.6 Å².